The molecule has 1 saturated heterocycles. The van der Waals surface area contributed by atoms with E-state index in [0.29, 0.717) is 25.6 Å². The van der Waals surface area contributed by atoms with Gasteiger partial charge in [0, 0.05) is 26.2 Å². The molecule has 7 nitrogen and oxygen atoms in total. The minimum atomic E-state index is -0.885. The van der Waals surface area contributed by atoms with Crippen molar-refractivity contribution in [1.29, 1.82) is 0 Å². The minimum absolute atomic E-state index is 0. The Hall–Kier alpha value is -1.10. The van der Waals surface area contributed by atoms with E-state index in [0.717, 1.165) is 45.0 Å². The molecule has 29 heavy (non-hydrogen) atoms. The second-order valence-corrected chi connectivity index (χ2v) is 7.42. The minimum Gasteiger partial charge on any atom is -0.489 e. The molecule has 8 heteroatoms. The van der Waals surface area contributed by atoms with Crippen LogP contribution in [0.4, 0.5) is 0 Å². The third kappa shape index (κ3) is 10.5. The van der Waals surface area contributed by atoms with Crippen molar-refractivity contribution in [1.82, 2.24) is 15.5 Å². The molecule has 2 rings (SSSR count). The molecule has 2 unspecified atom stereocenters. The molecule has 1 aliphatic rings. The number of nitrogens with zero attached hydrogens (tertiary/aromatic N) is 2. The molecule has 2 atom stereocenters. The smallest absolute Gasteiger partial charge is 0.191 e. The topological polar surface area (TPSA) is 78.4 Å². The van der Waals surface area contributed by atoms with Gasteiger partial charge in [0.05, 0.1) is 31.9 Å². The maximum atomic E-state index is 10.7. The summed E-state index contributed by atoms with van der Waals surface area (Å²) in [4.78, 5) is 6.82. The predicted octanol–water partition coefficient (Wildman–Crippen LogP) is 2.10. The number of aliphatic imine (C=N–C) groups is 1. The van der Waals surface area contributed by atoms with Crippen molar-refractivity contribution in [2.75, 3.05) is 52.5 Å². The van der Waals surface area contributed by atoms with E-state index in [9.17, 15) is 5.11 Å². The fourth-order valence-corrected chi connectivity index (χ4v) is 3.05. The Morgan fingerprint density at radius 1 is 1.24 bits per heavy atom. The van der Waals surface area contributed by atoms with Gasteiger partial charge in [-0.15, -0.1) is 24.0 Å². The quantitative estimate of drug-likeness (QED) is 0.249. The Kier molecular flexibility index (Phi) is 12.5. The molecule has 1 aromatic rings. The monoisotopic (exact) mass is 520 g/mol. The number of hydrogen-bond acceptors (Lipinski definition) is 5. The van der Waals surface area contributed by atoms with Gasteiger partial charge in [-0.25, -0.2) is 0 Å². The maximum Gasteiger partial charge on any atom is 0.191 e. The number of morpholine rings is 1. The number of β-amino-alcohol motifs (C(OH)–C–C–N with tert-alkyl or cyclic N) is 1. The average molecular weight is 520 g/mol. The van der Waals surface area contributed by atoms with Gasteiger partial charge in [-0.3, -0.25) is 9.89 Å². The van der Waals surface area contributed by atoms with Gasteiger partial charge in [-0.1, -0.05) is 25.1 Å². The van der Waals surface area contributed by atoms with E-state index in [4.69, 9.17) is 9.47 Å². The van der Waals surface area contributed by atoms with Crippen LogP contribution in [0.5, 0.6) is 5.75 Å². The number of nitrogens with one attached hydrogen (secondary N) is 2. The molecule has 0 aromatic heterocycles. The summed E-state index contributed by atoms with van der Waals surface area (Å²) in [7, 11) is 0. The van der Waals surface area contributed by atoms with E-state index in [1.165, 1.54) is 0 Å². The number of rotatable bonds is 10. The molecule has 0 spiro atoms. The van der Waals surface area contributed by atoms with Gasteiger partial charge in [0.1, 0.15) is 11.9 Å². The van der Waals surface area contributed by atoms with Gasteiger partial charge in [0.15, 0.2) is 5.96 Å². The summed E-state index contributed by atoms with van der Waals surface area (Å²) in [6, 6.07) is 9.84. The summed E-state index contributed by atoms with van der Waals surface area (Å²) < 4.78 is 11.4. The number of para-hydroxylation sites is 1. The number of guanidine groups is 1. The summed E-state index contributed by atoms with van der Waals surface area (Å²) in [5, 5.41) is 17.3. The van der Waals surface area contributed by atoms with E-state index in [1.807, 2.05) is 44.2 Å². The number of ether oxygens (including phenoxy) is 2. The molecule has 0 saturated carbocycles. The molecular formula is C21H37IN4O3. The third-order valence-electron chi connectivity index (χ3n) is 4.59. The first kappa shape index (κ1) is 25.9. The highest BCUT2D eigenvalue weighted by molar-refractivity contribution is 14.0. The molecule has 0 amide bonds. The first-order valence-electron chi connectivity index (χ1n) is 10.3. The summed E-state index contributed by atoms with van der Waals surface area (Å²) in [5.74, 6) is 1.56. The molecule has 0 aliphatic carbocycles. The standard InChI is InChI=1S/C21H36N4O3.HI/c1-4-18(28-19-9-7-6-8-10-19)15-23-20(22-5-2)24-16-21(3,26)17-25-11-13-27-14-12-25;/h6-10,18,26H,4-5,11-17H2,1-3H3,(H2,22,23,24);1H. The van der Waals surface area contributed by atoms with E-state index in [1.54, 1.807) is 0 Å². The first-order chi connectivity index (χ1) is 13.5. The summed E-state index contributed by atoms with van der Waals surface area (Å²) in [5.41, 5.74) is -0.885. The SMILES string of the molecule is CCNC(=NCC(C)(O)CN1CCOCC1)NCC(CC)Oc1ccccc1.I. The fourth-order valence-electron chi connectivity index (χ4n) is 3.05. The van der Waals surface area contributed by atoms with Crippen LogP contribution in [-0.2, 0) is 4.74 Å². The largest absolute Gasteiger partial charge is 0.489 e. The van der Waals surface area contributed by atoms with Gasteiger partial charge >= 0.3 is 0 Å². The van der Waals surface area contributed by atoms with Crippen LogP contribution in [0.3, 0.4) is 0 Å². The van der Waals surface area contributed by atoms with Crippen molar-refractivity contribution in [2.45, 2.75) is 38.9 Å². The first-order valence-corrected chi connectivity index (χ1v) is 10.3. The van der Waals surface area contributed by atoms with Crippen LogP contribution >= 0.6 is 24.0 Å². The Balaban J connectivity index is 0.00000420. The highest BCUT2D eigenvalue weighted by Crippen LogP contribution is 2.12. The highest BCUT2D eigenvalue weighted by atomic mass is 127. The normalized spacial score (nSPS) is 18.3. The summed E-state index contributed by atoms with van der Waals surface area (Å²) in [6.45, 7) is 11.4. The molecule has 0 bridgehead atoms. The zero-order chi connectivity index (χ0) is 20.2. The maximum absolute atomic E-state index is 10.7. The van der Waals surface area contributed by atoms with E-state index < -0.39 is 5.60 Å². The lowest BCUT2D eigenvalue weighted by Crippen LogP contribution is -2.48. The lowest BCUT2D eigenvalue weighted by Gasteiger charge is -2.33. The van der Waals surface area contributed by atoms with Crippen LogP contribution in [0.15, 0.2) is 35.3 Å². The van der Waals surface area contributed by atoms with Crippen LogP contribution in [0, 0.1) is 0 Å². The molecule has 0 radical (unpaired) electrons. The van der Waals surface area contributed by atoms with Gasteiger partial charge in [0.2, 0.25) is 0 Å². The summed E-state index contributed by atoms with van der Waals surface area (Å²) in [6.07, 6.45) is 0.927. The number of halogens is 1. The average Bonchev–Trinajstić information content (AvgIpc) is 2.70. The van der Waals surface area contributed by atoms with Gasteiger partial charge < -0.3 is 25.2 Å². The number of aliphatic hydroxyl groups is 1. The third-order valence-corrected chi connectivity index (χ3v) is 4.59. The number of hydrogen-bond donors (Lipinski definition) is 3. The predicted molar refractivity (Wildman–Crippen MR) is 128 cm³/mol. The van der Waals surface area contributed by atoms with Gasteiger partial charge in [-0.05, 0) is 32.4 Å². The Morgan fingerprint density at radius 2 is 1.93 bits per heavy atom. The molecule has 166 valence electrons. The van der Waals surface area contributed by atoms with Crippen LogP contribution < -0.4 is 15.4 Å². The van der Waals surface area contributed by atoms with Crippen LogP contribution in [0.25, 0.3) is 0 Å². The Bertz CT molecular complexity index is 581. The van der Waals surface area contributed by atoms with E-state index >= 15 is 0 Å². The van der Waals surface area contributed by atoms with Crippen molar-refractivity contribution in [2.24, 2.45) is 4.99 Å². The number of benzene rings is 1. The van der Waals surface area contributed by atoms with Crippen LogP contribution in [-0.4, -0.2) is 80.2 Å². The highest BCUT2D eigenvalue weighted by Gasteiger charge is 2.25. The lowest BCUT2D eigenvalue weighted by atomic mass is 10.1. The van der Waals surface area contributed by atoms with E-state index in [2.05, 4.69) is 27.4 Å². The second kappa shape index (κ2) is 14.0. The van der Waals surface area contributed by atoms with E-state index in [-0.39, 0.29) is 30.1 Å². The van der Waals surface area contributed by atoms with Crippen molar-refractivity contribution >= 4 is 29.9 Å². The molecule has 3 N–H and O–H groups in total. The summed E-state index contributed by atoms with van der Waals surface area (Å²) >= 11 is 0. The van der Waals surface area contributed by atoms with Crippen molar-refractivity contribution in [3.05, 3.63) is 30.3 Å². The molecule has 1 aliphatic heterocycles. The van der Waals surface area contributed by atoms with Crippen LogP contribution in [0.2, 0.25) is 0 Å². The lowest BCUT2D eigenvalue weighted by molar-refractivity contribution is -0.0180. The van der Waals surface area contributed by atoms with Crippen LogP contribution in [0.1, 0.15) is 27.2 Å². The van der Waals surface area contributed by atoms with Gasteiger partial charge in [-0.2, -0.15) is 0 Å². The zero-order valence-electron chi connectivity index (χ0n) is 17.9. The zero-order valence-corrected chi connectivity index (χ0v) is 20.2. The van der Waals surface area contributed by atoms with Crippen molar-refractivity contribution < 1.29 is 14.6 Å². The van der Waals surface area contributed by atoms with Gasteiger partial charge in [0.25, 0.3) is 0 Å². The Morgan fingerprint density at radius 3 is 2.55 bits per heavy atom. The molecule has 1 heterocycles. The van der Waals surface area contributed by atoms with Crippen molar-refractivity contribution in [3.63, 3.8) is 0 Å². The molecular weight excluding hydrogens is 483 g/mol. The second-order valence-electron chi connectivity index (χ2n) is 7.42. The molecule has 1 fully saturated rings. The molecule has 1 aromatic carbocycles. The fraction of sp³-hybridized carbons (Fsp3) is 0.667. The van der Waals surface area contributed by atoms with Crippen molar-refractivity contribution in [3.8, 4) is 5.75 Å². The Labute approximate surface area is 192 Å².